The van der Waals surface area contributed by atoms with Crippen LogP contribution in [0.2, 0.25) is 10.0 Å². The summed E-state index contributed by atoms with van der Waals surface area (Å²) in [4.78, 5) is 16.2. The first kappa shape index (κ1) is 18.7. The molecule has 0 saturated carbocycles. The standard InChI is InChI=1S/C19H22Cl2N2OS/c1-19(2,3)22-11-17(24)23-8-6-16-14(7-9-25-16)18(23)13-5-4-12(20)10-15(13)21/h4-5,7,9-10,18,22H,6,8,11H2,1-3H3. The molecule has 0 bridgehead atoms. The highest BCUT2D eigenvalue weighted by atomic mass is 35.5. The number of amides is 1. The predicted octanol–water partition coefficient (Wildman–Crippen LogP) is 4.92. The molecule has 1 N–H and O–H groups in total. The van der Waals surface area contributed by atoms with Crippen molar-refractivity contribution in [2.24, 2.45) is 0 Å². The lowest BCUT2D eigenvalue weighted by molar-refractivity contribution is -0.132. The number of benzene rings is 1. The maximum atomic E-state index is 12.9. The summed E-state index contributed by atoms with van der Waals surface area (Å²) in [6.45, 7) is 7.18. The van der Waals surface area contributed by atoms with Crippen molar-refractivity contribution < 1.29 is 4.79 Å². The van der Waals surface area contributed by atoms with Gasteiger partial charge in [0.05, 0.1) is 12.6 Å². The summed E-state index contributed by atoms with van der Waals surface area (Å²) < 4.78 is 0. The second-order valence-electron chi connectivity index (χ2n) is 7.31. The van der Waals surface area contributed by atoms with Crippen molar-refractivity contribution in [3.63, 3.8) is 0 Å². The van der Waals surface area contributed by atoms with E-state index in [0.29, 0.717) is 23.1 Å². The molecule has 1 unspecified atom stereocenters. The molecule has 0 aliphatic carbocycles. The molecule has 1 aromatic heterocycles. The van der Waals surface area contributed by atoms with E-state index in [0.717, 1.165) is 12.0 Å². The lowest BCUT2D eigenvalue weighted by Gasteiger charge is -2.37. The first-order chi connectivity index (χ1) is 11.8. The first-order valence-electron chi connectivity index (χ1n) is 8.32. The predicted molar refractivity (Wildman–Crippen MR) is 106 cm³/mol. The lowest BCUT2D eigenvalue weighted by atomic mass is 9.93. The molecule has 1 amide bonds. The fraction of sp³-hybridized carbons (Fsp3) is 0.421. The van der Waals surface area contributed by atoms with Crippen LogP contribution in [-0.4, -0.2) is 29.4 Å². The molecule has 25 heavy (non-hydrogen) atoms. The Morgan fingerprint density at radius 2 is 2.04 bits per heavy atom. The van der Waals surface area contributed by atoms with Crippen LogP contribution in [0.1, 0.15) is 42.8 Å². The quantitative estimate of drug-likeness (QED) is 0.798. The van der Waals surface area contributed by atoms with Gasteiger partial charge in [0.15, 0.2) is 0 Å². The van der Waals surface area contributed by atoms with Crippen LogP contribution in [0.3, 0.4) is 0 Å². The molecule has 0 fully saturated rings. The minimum absolute atomic E-state index is 0.0859. The van der Waals surface area contributed by atoms with Gasteiger partial charge in [-0.15, -0.1) is 11.3 Å². The zero-order valence-electron chi connectivity index (χ0n) is 14.6. The molecule has 1 aliphatic rings. The Balaban J connectivity index is 1.96. The number of hydrogen-bond acceptors (Lipinski definition) is 3. The number of carbonyl (C=O) groups excluding carboxylic acids is 1. The molecule has 1 aliphatic heterocycles. The average molecular weight is 397 g/mol. The molecule has 6 heteroatoms. The van der Waals surface area contributed by atoms with Crippen LogP contribution in [-0.2, 0) is 11.2 Å². The van der Waals surface area contributed by atoms with Gasteiger partial charge in [-0.1, -0.05) is 29.3 Å². The molecule has 3 nitrogen and oxygen atoms in total. The van der Waals surface area contributed by atoms with Crippen LogP contribution < -0.4 is 5.32 Å². The minimum atomic E-state index is -0.158. The number of thiophene rings is 1. The number of halogens is 2. The van der Waals surface area contributed by atoms with E-state index in [1.807, 2.05) is 17.0 Å². The molecule has 0 spiro atoms. The third kappa shape index (κ3) is 4.20. The van der Waals surface area contributed by atoms with Gasteiger partial charge < -0.3 is 10.2 Å². The van der Waals surface area contributed by atoms with Crippen molar-refractivity contribution >= 4 is 40.4 Å². The average Bonchev–Trinajstić information content (AvgIpc) is 3.00. The largest absolute Gasteiger partial charge is 0.330 e. The summed E-state index contributed by atoms with van der Waals surface area (Å²) in [6, 6.07) is 7.45. The maximum Gasteiger partial charge on any atom is 0.237 e. The summed E-state index contributed by atoms with van der Waals surface area (Å²) in [7, 11) is 0. The molecule has 2 heterocycles. The summed E-state index contributed by atoms with van der Waals surface area (Å²) in [5.74, 6) is 0.0859. The van der Waals surface area contributed by atoms with Crippen molar-refractivity contribution in [2.75, 3.05) is 13.1 Å². The maximum absolute atomic E-state index is 12.9. The van der Waals surface area contributed by atoms with E-state index in [1.54, 1.807) is 17.4 Å². The van der Waals surface area contributed by atoms with Crippen LogP contribution in [0, 0.1) is 0 Å². The van der Waals surface area contributed by atoms with Gasteiger partial charge in [-0.3, -0.25) is 4.79 Å². The Bertz CT molecular complexity index is 782. The van der Waals surface area contributed by atoms with Gasteiger partial charge in [-0.25, -0.2) is 0 Å². The van der Waals surface area contributed by atoms with E-state index in [-0.39, 0.29) is 17.5 Å². The first-order valence-corrected chi connectivity index (χ1v) is 9.95. The van der Waals surface area contributed by atoms with E-state index in [9.17, 15) is 4.79 Å². The zero-order chi connectivity index (χ0) is 18.2. The van der Waals surface area contributed by atoms with Crippen LogP contribution >= 0.6 is 34.5 Å². The molecule has 1 atom stereocenters. The number of carbonyl (C=O) groups is 1. The number of hydrogen-bond donors (Lipinski definition) is 1. The molecule has 134 valence electrons. The molecular formula is C19H22Cl2N2OS. The van der Waals surface area contributed by atoms with Crippen molar-refractivity contribution in [2.45, 2.75) is 38.8 Å². The minimum Gasteiger partial charge on any atom is -0.330 e. The highest BCUT2D eigenvalue weighted by Crippen LogP contribution is 2.40. The fourth-order valence-corrected chi connectivity index (χ4v) is 4.50. The summed E-state index contributed by atoms with van der Waals surface area (Å²) in [5.41, 5.74) is 1.99. The van der Waals surface area contributed by atoms with Gasteiger partial charge >= 0.3 is 0 Å². The van der Waals surface area contributed by atoms with Gasteiger partial charge in [0.2, 0.25) is 5.91 Å². The number of nitrogens with zero attached hydrogens (tertiary/aromatic N) is 1. The van der Waals surface area contributed by atoms with E-state index in [2.05, 4.69) is 37.5 Å². The molecular weight excluding hydrogens is 375 g/mol. The summed E-state index contributed by atoms with van der Waals surface area (Å²) in [5, 5.41) is 6.57. The third-order valence-electron chi connectivity index (χ3n) is 4.31. The summed E-state index contributed by atoms with van der Waals surface area (Å²) in [6.07, 6.45) is 0.885. The van der Waals surface area contributed by atoms with E-state index in [1.165, 1.54) is 10.4 Å². The van der Waals surface area contributed by atoms with Crippen LogP contribution in [0.4, 0.5) is 0 Å². The molecule has 0 saturated heterocycles. The molecule has 1 aromatic carbocycles. The van der Waals surface area contributed by atoms with Crippen LogP contribution in [0.5, 0.6) is 0 Å². The van der Waals surface area contributed by atoms with E-state index >= 15 is 0 Å². The zero-order valence-corrected chi connectivity index (χ0v) is 16.9. The number of rotatable bonds is 3. The third-order valence-corrected chi connectivity index (χ3v) is 5.87. The van der Waals surface area contributed by atoms with Crippen LogP contribution in [0.15, 0.2) is 29.6 Å². The van der Waals surface area contributed by atoms with Crippen molar-refractivity contribution in [3.05, 3.63) is 55.7 Å². The topological polar surface area (TPSA) is 32.3 Å². The highest BCUT2D eigenvalue weighted by Gasteiger charge is 2.34. The highest BCUT2D eigenvalue weighted by molar-refractivity contribution is 7.10. The molecule has 3 rings (SSSR count). The van der Waals surface area contributed by atoms with Crippen molar-refractivity contribution in [1.82, 2.24) is 10.2 Å². The number of fused-ring (bicyclic) bond motifs is 1. The lowest BCUT2D eigenvalue weighted by Crippen LogP contribution is -2.48. The van der Waals surface area contributed by atoms with Gasteiger partial charge in [-0.2, -0.15) is 0 Å². The monoisotopic (exact) mass is 396 g/mol. The second-order valence-corrected chi connectivity index (χ2v) is 9.15. The van der Waals surface area contributed by atoms with Crippen molar-refractivity contribution in [3.8, 4) is 0 Å². The van der Waals surface area contributed by atoms with Crippen LogP contribution in [0.25, 0.3) is 0 Å². The SMILES string of the molecule is CC(C)(C)NCC(=O)N1CCc2sccc2C1c1ccc(Cl)cc1Cl. The smallest absolute Gasteiger partial charge is 0.237 e. The Kier molecular flexibility index (Phi) is 5.45. The van der Waals surface area contributed by atoms with Gasteiger partial charge in [-0.05, 0) is 61.9 Å². The van der Waals surface area contributed by atoms with Gasteiger partial charge in [0.1, 0.15) is 0 Å². The second kappa shape index (κ2) is 7.28. The molecule has 2 aromatic rings. The Morgan fingerprint density at radius 1 is 1.28 bits per heavy atom. The van der Waals surface area contributed by atoms with Gasteiger partial charge in [0, 0.05) is 27.0 Å². The van der Waals surface area contributed by atoms with Gasteiger partial charge in [0.25, 0.3) is 0 Å². The number of nitrogens with one attached hydrogen (secondary N) is 1. The fourth-order valence-electron chi connectivity index (χ4n) is 3.09. The molecule has 0 radical (unpaired) electrons. The normalized spacial score (nSPS) is 17.5. The van der Waals surface area contributed by atoms with E-state index in [4.69, 9.17) is 23.2 Å². The summed E-state index contributed by atoms with van der Waals surface area (Å²) >= 11 is 14.3. The Hall–Kier alpha value is -1.07. The van der Waals surface area contributed by atoms with Crippen molar-refractivity contribution in [1.29, 1.82) is 0 Å². The van der Waals surface area contributed by atoms with E-state index < -0.39 is 0 Å². The Morgan fingerprint density at radius 3 is 2.72 bits per heavy atom. The Labute approximate surface area is 162 Å².